The first-order valence-electron chi connectivity index (χ1n) is 10.5. The van der Waals surface area contributed by atoms with Crippen LogP contribution >= 0.6 is 0 Å². The topological polar surface area (TPSA) is 105 Å². The molecule has 2 amide bonds. The van der Waals surface area contributed by atoms with E-state index >= 15 is 0 Å². The molecule has 1 aliphatic heterocycles. The van der Waals surface area contributed by atoms with Crippen molar-refractivity contribution < 1.29 is 22.7 Å². The number of hydrogen-bond acceptors (Lipinski definition) is 5. The van der Waals surface area contributed by atoms with E-state index in [1.54, 1.807) is 48.5 Å². The van der Waals surface area contributed by atoms with Gasteiger partial charge < -0.3 is 15.4 Å². The van der Waals surface area contributed by atoms with Crippen LogP contribution in [0.4, 0.5) is 11.4 Å². The summed E-state index contributed by atoms with van der Waals surface area (Å²) in [7, 11) is -3.73. The third-order valence-electron chi connectivity index (χ3n) is 5.32. The molecule has 2 unspecified atom stereocenters. The fraction of sp³-hybridized carbons (Fsp3) is 0.391. The van der Waals surface area contributed by atoms with Crippen molar-refractivity contribution in [2.45, 2.75) is 38.8 Å². The second kappa shape index (κ2) is 10.1. The maximum atomic E-state index is 13.0. The number of carbonyl (C=O) groups is 2. The molecule has 0 spiro atoms. The molecular formula is C23H29N3O5S. The van der Waals surface area contributed by atoms with Crippen LogP contribution in [-0.2, 0) is 19.6 Å². The lowest BCUT2D eigenvalue weighted by Crippen LogP contribution is -2.45. The number of nitrogens with zero attached hydrogens (tertiary/aromatic N) is 1. The highest BCUT2D eigenvalue weighted by molar-refractivity contribution is 7.92. The van der Waals surface area contributed by atoms with Crippen LogP contribution in [0.3, 0.4) is 0 Å². The zero-order valence-electron chi connectivity index (χ0n) is 18.5. The largest absolute Gasteiger partial charge is 0.376 e. The summed E-state index contributed by atoms with van der Waals surface area (Å²) in [6, 6.07) is 12.5. The van der Waals surface area contributed by atoms with Crippen molar-refractivity contribution in [2.24, 2.45) is 0 Å². The monoisotopic (exact) mass is 459 g/mol. The Kier molecular flexibility index (Phi) is 7.52. The second-order valence-electron chi connectivity index (χ2n) is 7.95. The number of hydrogen-bond donors (Lipinski definition) is 2. The Morgan fingerprint density at radius 3 is 2.47 bits per heavy atom. The number of ether oxygens (including phenoxy) is 1. The Balaban J connectivity index is 1.76. The van der Waals surface area contributed by atoms with Crippen molar-refractivity contribution in [3.05, 3.63) is 59.7 Å². The molecule has 0 bridgehead atoms. The minimum Gasteiger partial charge on any atom is -0.376 e. The average molecular weight is 460 g/mol. The molecule has 1 heterocycles. The van der Waals surface area contributed by atoms with Crippen molar-refractivity contribution in [2.75, 3.05) is 29.0 Å². The summed E-state index contributed by atoms with van der Waals surface area (Å²) < 4.78 is 31.5. The van der Waals surface area contributed by atoms with Crippen LogP contribution in [0.15, 0.2) is 48.5 Å². The van der Waals surface area contributed by atoms with Gasteiger partial charge in [0, 0.05) is 13.2 Å². The van der Waals surface area contributed by atoms with Crippen LogP contribution < -0.4 is 14.9 Å². The number of nitrogens with one attached hydrogen (secondary N) is 2. The Labute approximate surface area is 189 Å². The number of sulfonamides is 1. The molecule has 2 aromatic rings. The minimum absolute atomic E-state index is 0.00134. The normalized spacial score (nSPS) is 16.9. The van der Waals surface area contributed by atoms with E-state index in [1.165, 1.54) is 6.92 Å². The molecule has 9 heteroatoms. The SMILES string of the molecule is Cc1ccc(N(C(C)C(=O)Nc2ccccc2C(=O)NCC2CCCO2)S(C)(=O)=O)cc1. The van der Waals surface area contributed by atoms with Crippen molar-refractivity contribution in [1.82, 2.24) is 5.32 Å². The highest BCUT2D eigenvalue weighted by Crippen LogP contribution is 2.23. The highest BCUT2D eigenvalue weighted by atomic mass is 32.2. The summed E-state index contributed by atoms with van der Waals surface area (Å²) in [4.78, 5) is 25.7. The van der Waals surface area contributed by atoms with Crippen LogP contribution in [0.5, 0.6) is 0 Å². The van der Waals surface area contributed by atoms with E-state index in [9.17, 15) is 18.0 Å². The number of aryl methyl sites for hydroxylation is 1. The first kappa shape index (κ1) is 23.7. The van der Waals surface area contributed by atoms with Gasteiger partial charge in [0.1, 0.15) is 6.04 Å². The molecule has 0 radical (unpaired) electrons. The number of rotatable bonds is 8. The first-order valence-corrected chi connectivity index (χ1v) is 12.4. The molecule has 172 valence electrons. The van der Waals surface area contributed by atoms with E-state index in [1.807, 2.05) is 6.92 Å². The first-order chi connectivity index (χ1) is 15.2. The van der Waals surface area contributed by atoms with Crippen molar-refractivity contribution in [1.29, 1.82) is 0 Å². The van der Waals surface area contributed by atoms with Gasteiger partial charge >= 0.3 is 0 Å². The maximum Gasteiger partial charge on any atom is 0.253 e. The molecule has 2 aromatic carbocycles. The van der Waals surface area contributed by atoms with Gasteiger partial charge in [-0.25, -0.2) is 8.42 Å². The van der Waals surface area contributed by atoms with Gasteiger partial charge in [0.15, 0.2) is 0 Å². The summed E-state index contributed by atoms with van der Waals surface area (Å²) in [6.07, 6.45) is 2.93. The molecule has 1 saturated heterocycles. The van der Waals surface area contributed by atoms with E-state index in [2.05, 4.69) is 10.6 Å². The smallest absolute Gasteiger partial charge is 0.253 e. The number of carbonyl (C=O) groups excluding carboxylic acids is 2. The number of anilines is 2. The standard InChI is InChI=1S/C23H29N3O5S/c1-16-10-12-18(13-11-16)26(32(3,29)30)17(2)22(27)25-21-9-5-4-8-20(21)23(28)24-15-19-7-6-14-31-19/h4-5,8-13,17,19H,6-7,14-15H2,1-3H3,(H,24,28)(H,25,27). The van der Waals surface area contributed by atoms with Crippen LogP contribution in [-0.4, -0.2) is 51.8 Å². The quantitative estimate of drug-likeness (QED) is 0.632. The molecule has 3 rings (SSSR count). The zero-order chi connectivity index (χ0) is 23.3. The van der Waals surface area contributed by atoms with Crippen molar-refractivity contribution in [3.63, 3.8) is 0 Å². The van der Waals surface area contributed by atoms with Crippen LogP contribution in [0, 0.1) is 6.92 Å². The van der Waals surface area contributed by atoms with Gasteiger partial charge in [-0.05, 0) is 51.0 Å². The Hall–Kier alpha value is -2.91. The summed E-state index contributed by atoms with van der Waals surface area (Å²) in [5, 5.41) is 5.56. The molecule has 0 aromatic heterocycles. The lowest BCUT2D eigenvalue weighted by molar-refractivity contribution is -0.116. The molecule has 0 saturated carbocycles. The van der Waals surface area contributed by atoms with Gasteiger partial charge in [-0.15, -0.1) is 0 Å². The maximum absolute atomic E-state index is 13.0. The van der Waals surface area contributed by atoms with Crippen LogP contribution in [0.25, 0.3) is 0 Å². The van der Waals surface area contributed by atoms with Crippen LogP contribution in [0.2, 0.25) is 0 Å². The van der Waals surface area contributed by atoms with Gasteiger partial charge in [-0.2, -0.15) is 0 Å². The predicted molar refractivity (Wildman–Crippen MR) is 124 cm³/mol. The zero-order valence-corrected chi connectivity index (χ0v) is 19.3. The molecule has 2 N–H and O–H groups in total. The van der Waals surface area contributed by atoms with E-state index < -0.39 is 22.0 Å². The molecule has 0 aliphatic carbocycles. The number of amides is 2. The van der Waals surface area contributed by atoms with E-state index in [4.69, 9.17) is 4.74 Å². The van der Waals surface area contributed by atoms with Crippen LogP contribution in [0.1, 0.15) is 35.7 Å². The summed E-state index contributed by atoms with van der Waals surface area (Å²) in [6.45, 7) is 4.50. The third-order valence-corrected chi connectivity index (χ3v) is 6.56. The van der Waals surface area contributed by atoms with Crippen molar-refractivity contribution >= 4 is 33.2 Å². The summed E-state index contributed by atoms with van der Waals surface area (Å²) in [5.74, 6) is -0.877. The predicted octanol–water partition coefficient (Wildman–Crippen LogP) is 2.70. The summed E-state index contributed by atoms with van der Waals surface area (Å²) >= 11 is 0. The Bertz CT molecular complexity index is 1060. The Morgan fingerprint density at radius 1 is 1.16 bits per heavy atom. The molecule has 2 atom stereocenters. The van der Waals surface area contributed by atoms with Crippen molar-refractivity contribution in [3.8, 4) is 0 Å². The Morgan fingerprint density at radius 2 is 1.84 bits per heavy atom. The lowest BCUT2D eigenvalue weighted by Gasteiger charge is -2.28. The molecule has 8 nitrogen and oxygen atoms in total. The number of para-hydroxylation sites is 1. The van der Waals surface area contributed by atoms with Gasteiger partial charge in [-0.3, -0.25) is 13.9 Å². The van der Waals surface area contributed by atoms with Gasteiger partial charge in [0.25, 0.3) is 5.91 Å². The van der Waals surface area contributed by atoms with Gasteiger partial charge in [0.2, 0.25) is 15.9 Å². The van der Waals surface area contributed by atoms with E-state index in [-0.39, 0.29) is 12.0 Å². The third kappa shape index (κ3) is 5.86. The summed E-state index contributed by atoms with van der Waals surface area (Å²) in [5.41, 5.74) is 1.98. The number of benzene rings is 2. The minimum atomic E-state index is -3.73. The average Bonchev–Trinajstić information content (AvgIpc) is 3.26. The molecule has 32 heavy (non-hydrogen) atoms. The molecule has 1 aliphatic rings. The van der Waals surface area contributed by atoms with Gasteiger partial charge in [-0.1, -0.05) is 29.8 Å². The van der Waals surface area contributed by atoms with E-state index in [0.29, 0.717) is 30.1 Å². The van der Waals surface area contributed by atoms with Gasteiger partial charge in [0.05, 0.1) is 29.3 Å². The molecular weight excluding hydrogens is 430 g/mol. The fourth-order valence-electron chi connectivity index (χ4n) is 3.63. The lowest BCUT2D eigenvalue weighted by atomic mass is 10.1. The molecule has 1 fully saturated rings. The highest BCUT2D eigenvalue weighted by Gasteiger charge is 2.30. The van der Waals surface area contributed by atoms with E-state index in [0.717, 1.165) is 29.0 Å². The fourth-order valence-corrected chi connectivity index (χ4v) is 4.81. The second-order valence-corrected chi connectivity index (χ2v) is 9.81.